The van der Waals surface area contributed by atoms with Crippen molar-refractivity contribution in [2.45, 2.75) is 38.8 Å². The number of hydrogen-bond acceptors (Lipinski definition) is 5. The second-order valence-corrected chi connectivity index (χ2v) is 6.57. The van der Waals surface area contributed by atoms with Crippen LogP contribution in [0.1, 0.15) is 29.7 Å². The Kier molecular flexibility index (Phi) is 4.55. The zero-order valence-electron chi connectivity index (χ0n) is 14.1. The Morgan fingerprint density at radius 3 is 2.74 bits per heavy atom. The van der Waals surface area contributed by atoms with Crippen LogP contribution >= 0.6 is 0 Å². The number of pyridine rings is 1. The molecule has 6 nitrogen and oxygen atoms in total. The molecule has 0 saturated carbocycles. The molecule has 2 aliphatic rings. The molecule has 1 aromatic rings. The summed E-state index contributed by atoms with van der Waals surface area (Å²) in [6.45, 7) is 7.64. The van der Waals surface area contributed by atoms with Gasteiger partial charge in [0.1, 0.15) is 12.4 Å². The van der Waals surface area contributed by atoms with Gasteiger partial charge in [0, 0.05) is 43.5 Å². The number of rotatable bonds is 3. The van der Waals surface area contributed by atoms with Crippen LogP contribution in [0.15, 0.2) is 6.20 Å². The van der Waals surface area contributed by atoms with Crippen LogP contribution in [0.4, 0.5) is 0 Å². The first-order valence-electron chi connectivity index (χ1n) is 8.15. The number of aromatic nitrogens is 1. The van der Waals surface area contributed by atoms with Gasteiger partial charge >= 0.3 is 0 Å². The minimum absolute atomic E-state index is 0.00960. The fourth-order valence-corrected chi connectivity index (χ4v) is 3.46. The normalized spacial score (nSPS) is 21.3. The molecular weight excluding hydrogens is 294 g/mol. The van der Waals surface area contributed by atoms with Crippen LogP contribution in [0.3, 0.4) is 0 Å². The number of nitrogens with one attached hydrogen (secondary N) is 1. The largest absolute Gasteiger partial charge is 0.496 e. The Labute approximate surface area is 137 Å². The first-order chi connectivity index (χ1) is 11.0. The number of amides is 1. The Bertz CT molecular complexity index is 583. The maximum Gasteiger partial charge on any atom is 0.246 e. The highest BCUT2D eigenvalue weighted by Gasteiger charge is 2.39. The lowest BCUT2D eigenvalue weighted by molar-refractivity contribution is -0.150. The van der Waals surface area contributed by atoms with Gasteiger partial charge in [-0.2, -0.15) is 0 Å². The Morgan fingerprint density at radius 1 is 1.39 bits per heavy atom. The average molecular weight is 319 g/mol. The number of hydrogen-bond donors (Lipinski definition) is 1. The fraction of sp³-hybridized carbons (Fsp3) is 0.647. The van der Waals surface area contributed by atoms with Crippen LogP contribution in [0, 0.1) is 13.8 Å². The highest BCUT2D eigenvalue weighted by Crippen LogP contribution is 2.30. The van der Waals surface area contributed by atoms with Gasteiger partial charge in [-0.15, -0.1) is 0 Å². The molecule has 0 bridgehead atoms. The van der Waals surface area contributed by atoms with E-state index in [4.69, 9.17) is 9.47 Å². The van der Waals surface area contributed by atoms with E-state index >= 15 is 0 Å². The smallest absolute Gasteiger partial charge is 0.246 e. The van der Waals surface area contributed by atoms with E-state index < -0.39 is 0 Å². The van der Waals surface area contributed by atoms with E-state index in [1.807, 2.05) is 13.1 Å². The van der Waals surface area contributed by atoms with E-state index in [9.17, 15) is 4.79 Å². The van der Waals surface area contributed by atoms with Gasteiger partial charge in [0.05, 0.1) is 18.4 Å². The number of nitrogens with zero attached hydrogens (tertiary/aromatic N) is 2. The second kappa shape index (κ2) is 6.45. The number of morpholine rings is 1. The number of likely N-dealkylation sites (tertiary alicyclic amines) is 1. The van der Waals surface area contributed by atoms with Crippen molar-refractivity contribution in [2.75, 3.05) is 33.4 Å². The van der Waals surface area contributed by atoms with Crippen molar-refractivity contribution in [1.82, 2.24) is 15.2 Å². The van der Waals surface area contributed by atoms with Crippen LogP contribution in [-0.2, 0) is 16.1 Å². The summed E-state index contributed by atoms with van der Waals surface area (Å²) in [5, 5.41) is 2.93. The maximum absolute atomic E-state index is 11.3. The van der Waals surface area contributed by atoms with Gasteiger partial charge in [-0.25, -0.2) is 0 Å². The van der Waals surface area contributed by atoms with Crippen LogP contribution in [0.25, 0.3) is 0 Å². The number of piperidine rings is 1. The van der Waals surface area contributed by atoms with Gasteiger partial charge in [0.2, 0.25) is 5.91 Å². The van der Waals surface area contributed by atoms with E-state index in [1.54, 1.807) is 7.11 Å². The van der Waals surface area contributed by atoms with Crippen molar-refractivity contribution in [2.24, 2.45) is 0 Å². The zero-order valence-corrected chi connectivity index (χ0v) is 14.1. The molecular formula is C17H25N3O3. The Morgan fingerprint density at radius 2 is 2.13 bits per heavy atom. The van der Waals surface area contributed by atoms with Crippen molar-refractivity contribution in [3.05, 3.63) is 23.0 Å². The Balaban J connectivity index is 1.62. The molecule has 2 fully saturated rings. The van der Waals surface area contributed by atoms with Gasteiger partial charge in [0.25, 0.3) is 0 Å². The highest BCUT2D eigenvalue weighted by molar-refractivity contribution is 5.78. The van der Waals surface area contributed by atoms with Crippen LogP contribution in [0.5, 0.6) is 5.75 Å². The number of aryl methyl sites for hydroxylation is 1. The minimum atomic E-state index is -0.169. The van der Waals surface area contributed by atoms with E-state index in [1.165, 1.54) is 0 Å². The summed E-state index contributed by atoms with van der Waals surface area (Å²) in [5.74, 6) is 0.923. The highest BCUT2D eigenvalue weighted by atomic mass is 16.5. The summed E-state index contributed by atoms with van der Waals surface area (Å²) in [4.78, 5) is 18.2. The number of carbonyl (C=O) groups excluding carboxylic acids is 1. The molecule has 1 N–H and O–H groups in total. The molecule has 126 valence electrons. The van der Waals surface area contributed by atoms with Crippen LogP contribution in [-0.4, -0.2) is 54.7 Å². The molecule has 0 aliphatic carbocycles. The third-order valence-electron chi connectivity index (χ3n) is 5.01. The second-order valence-electron chi connectivity index (χ2n) is 6.57. The molecule has 1 aromatic heterocycles. The summed E-state index contributed by atoms with van der Waals surface area (Å²) in [6, 6.07) is 0. The standard InChI is InChI=1S/C17H25N3O3/c1-12-8-18-14(13(2)16(12)22-3)9-20-6-4-17(5-7-20)11-19-15(21)10-23-17/h8H,4-7,9-11H2,1-3H3,(H,19,21). The molecule has 6 heteroatoms. The molecule has 1 spiro atoms. The summed E-state index contributed by atoms with van der Waals surface area (Å²) < 4.78 is 11.3. The van der Waals surface area contributed by atoms with E-state index in [0.29, 0.717) is 6.54 Å². The van der Waals surface area contributed by atoms with Crippen LogP contribution < -0.4 is 10.1 Å². The molecule has 0 radical (unpaired) electrons. The summed E-state index contributed by atoms with van der Waals surface area (Å²) in [5.41, 5.74) is 3.09. The SMILES string of the molecule is COc1c(C)cnc(CN2CCC3(CC2)CNC(=O)CO3)c1C. The van der Waals surface area contributed by atoms with Crippen molar-refractivity contribution in [1.29, 1.82) is 0 Å². The molecule has 0 aromatic carbocycles. The molecule has 2 saturated heterocycles. The van der Waals surface area contributed by atoms with Crippen molar-refractivity contribution in [3.63, 3.8) is 0 Å². The van der Waals surface area contributed by atoms with Crippen LogP contribution in [0.2, 0.25) is 0 Å². The summed E-state index contributed by atoms with van der Waals surface area (Å²) in [6.07, 6.45) is 3.76. The van der Waals surface area contributed by atoms with E-state index in [-0.39, 0.29) is 18.1 Å². The van der Waals surface area contributed by atoms with Gasteiger partial charge in [-0.05, 0) is 26.7 Å². The van der Waals surface area contributed by atoms with Crippen molar-refractivity contribution < 1.29 is 14.3 Å². The predicted molar refractivity (Wildman–Crippen MR) is 86.5 cm³/mol. The molecule has 2 aliphatic heterocycles. The van der Waals surface area contributed by atoms with Crippen molar-refractivity contribution in [3.8, 4) is 5.75 Å². The van der Waals surface area contributed by atoms with Gasteiger partial charge in [-0.3, -0.25) is 14.7 Å². The molecule has 3 rings (SSSR count). The summed E-state index contributed by atoms with van der Waals surface area (Å²) in [7, 11) is 1.71. The first-order valence-corrected chi connectivity index (χ1v) is 8.15. The number of carbonyl (C=O) groups is 1. The molecule has 0 unspecified atom stereocenters. The van der Waals surface area contributed by atoms with Gasteiger partial charge in [0.15, 0.2) is 0 Å². The topological polar surface area (TPSA) is 63.7 Å². The lowest BCUT2D eigenvalue weighted by atomic mass is 9.90. The monoisotopic (exact) mass is 319 g/mol. The molecule has 3 heterocycles. The average Bonchev–Trinajstić information content (AvgIpc) is 2.56. The third-order valence-corrected chi connectivity index (χ3v) is 5.01. The first kappa shape index (κ1) is 16.2. The van der Waals surface area contributed by atoms with Gasteiger partial charge in [-0.1, -0.05) is 0 Å². The quantitative estimate of drug-likeness (QED) is 0.907. The number of methoxy groups -OCH3 is 1. The third kappa shape index (κ3) is 3.33. The zero-order chi connectivity index (χ0) is 16.4. The minimum Gasteiger partial charge on any atom is -0.496 e. The predicted octanol–water partition coefficient (Wildman–Crippen LogP) is 1.19. The molecule has 1 amide bonds. The van der Waals surface area contributed by atoms with Gasteiger partial charge < -0.3 is 14.8 Å². The lowest BCUT2D eigenvalue weighted by Gasteiger charge is -2.43. The Hall–Kier alpha value is -1.66. The van der Waals surface area contributed by atoms with E-state index in [2.05, 4.69) is 22.1 Å². The lowest BCUT2D eigenvalue weighted by Crippen LogP contribution is -2.57. The van der Waals surface area contributed by atoms with E-state index in [0.717, 1.165) is 55.0 Å². The maximum atomic E-state index is 11.3. The number of ether oxygens (including phenoxy) is 2. The fourth-order valence-electron chi connectivity index (χ4n) is 3.46. The van der Waals surface area contributed by atoms with Crippen molar-refractivity contribution >= 4 is 5.91 Å². The summed E-state index contributed by atoms with van der Waals surface area (Å²) >= 11 is 0. The molecule has 23 heavy (non-hydrogen) atoms. The molecule has 0 atom stereocenters.